The Morgan fingerprint density at radius 1 is 0.467 bits per heavy atom. The molecule has 0 radical (unpaired) electrons. The summed E-state index contributed by atoms with van der Waals surface area (Å²) in [7, 11) is -0.287. The molecule has 4 aromatic heterocycles. The Hall–Kier alpha value is -8.17. The summed E-state index contributed by atoms with van der Waals surface area (Å²) in [5.41, 5.74) is 4.01. The van der Waals surface area contributed by atoms with Crippen molar-refractivity contribution in [3.05, 3.63) is 110 Å². The van der Waals surface area contributed by atoms with Crippen LogP contribution < -0.4 is 0 Å². The number of ether oxygens (including phenoxy) is 7. The molecule has 9 rings (SSSR count). The summed E-state index contributed by atoms with van der Waals surface area (Å²) in [4.78, 5) is 128. The van der Waals surface area contributed by atoms with Crippen LogP contribution in [0.25, 0.3) is 5.57 Å². The predicted octanol–water partition coefficient (Wildman–Crippen LogP) is 15.3. The zero-order chi connectivity index (χ0) is 79.2. The van der Waals surface area contributed by atoms with E-state index in [1.54, 1.807) is 74.0 Å². The average Bonchev–Trinajstić information content (AvgIpc) is 1.66. The Morgan fingerprint density at radius 2 is 0.804 bits per heavy atom. The number of carboxylic acids is 1. The molecule has 1 saturated heterocycles. The van der Waals surface area contributed by atoms with Crippen LogP contribution in [-0.2, 0) is 61.6 Å². The fourth-order valence-corrected chi connectivity index (χ4v) is 11.9. The number of rotatable bonds is 16. The largest absolute Gasteiger partial charge is 0.490 e. The summed E-state index contributed by atoms with van der Waals surface area (Å²) in [6, 6.07) is 0. The molecule has 2 unspecified atom stereocenters. The molecule has 590 valence electrons. The molecule has 0 amide bonds. The van der Waals surface area contributed by atoms with E-state index in [-0.39, 0.29) is 90.1 Å². The van der Waals surface area contributed by atoms with Crippen molar-refractivity contribution >= 4 is 72.0 Å². The first-order valence-corrected chi connectivity index (χ1v) is 37.2. The molecule has 26 nitrogen and oxygen atoms in total. The number of nitrogens with zero attached hydrogens (tertiary/aromatic N) is 8. The molecule has 107 heavy (non-hydrogen) atoms. The standard InChI is InChI=1S/C19H28N2O4.C19H26N2O4.C17H29BO4.C15H20N2O4.C8H9ClN2O2.CH4/c2*1-6-24-18(23)15-12(2)11-20-16(21-15)13-7-9-14(10-8-13)17(22)25-19(3,4)5;1-15(2,3)20-14(19)12-8-10-13(11-9-12)18-21-16(4,5)17(6,7)22-18;1-3-21-15(20)12-9(2)8-16-13(17-12)10-4-6-11(7-5-10)14(18)19;1-3-13-7(12)6-5(2)4-10-8(9)11-6;/h11,13-14H,6-10H2,1-5H3;7,11,14H,6,8-10H2,1-5H3;10,12H,8-9,11H2,1-7H3;8,10-11H,3-7H2,1-2H3,(H,18,19);4H,3H2,1-2H3;1H4. The molecule has 2 atom stereocenters. The Labute approximate surface area is 637 Å². The summed E-state index contributed by atoms with van der Waals surface area (Å²) in [5, 5.41) is 9.06. The van der Waals surface area contributed by atoms with Crippen LogP contribution in [0.1, 0.15) is 309 Å². The molecule has 4 aromatic rings. The van der Waals surface area contributed by atoms with Gasteiger partial charge < -0.3 is 47.6 Å². The maximum atomic E-state index is 12.2. The smallest absolute Gasteiger partial charge is 0.481 e. The predicted molar refractivity (Wildman–Crippen MR) is 404 cm³/mol. The van der Waals surface area contributed by atoms with Gasteiger partial charge in [-0.3, -0.25) is 19.2 Å². The second-order valence-electron chi connectivity index (χ2n) is 30.9. The van der Waals surface area contributed by atoms with Gasteiger partial charge in [0.25, 0.3) is 0 Å². The van der Waals surface area contributed by atoms with Gasteiger partial charge in [0.05, 0.1) is 61.3 Å². The number of carboxylic acid groups (broad SMARTS) is 1. The van der Waals surface area contributed by atoms with Gasteiger partial charge in [-0.2, -0.15) is 0 Å². The minimum atomic E-state index is -0.731. The fourth-order valence-electron chi connectivity index (χ4n) is 11.8. The molecular formula is C79H116BClN8O18. The van der Waals surface area contributed by atoms with Gasteiger partial charge in [0, 0.05) is 58.9 Å². The normalized spacial score (nSPS) is 20.1. The minimum Gasteiger partial charge on any atom is -0.481 e. The van der Waals surface area contributed by atoms with Crippen molar-refractivity contribution in [3.63, 3.8) is 0 Å². The van der Waals surface area contributed by atoms with Crippen molar-refractivity contribution < 1.29 is 85.9 Å². The third-order valence-electron chi connectivity index (χ3n) is 18.2. The van der Waals surface area contributed by atoms with Crippen molar-refractivity contribution in [2.45, 2.75) is 283 Å². The van der Waals surface area contributed by atoms with Crippen molar-refractivity contribution in [2.75, 3.05) is 26.4 Å². The van der Waals surface area contributed by atoms with E-state index in [0.717, 1.165) is 62.4 Å². The zero-order valence-corrected chi connectivity index (χ0v) is 66.8. The third-order valence-corrected chi connectivity index (χ3v) is 18.4. The Bertz CT molecular complexity index is 3750. The highest BCUT2D eigenvalue weighted by molar-refractivity contribution is 6.54. The lowest BCUT2D eigenvalue weighted by Gasteiger charge is -2.32. The third kappa shape index (κ3) is 28.4. The molecule has 0 aromatic carbocycles. The van der Waals surface area contributed by atoms with Gasteiger partial charge in [0.15, 0.2) is 28.6 Å². The van der Waals surface area contributed by atoms with Crippen LogP contribution in [0.15, 0.2) is 42.4 Å². The zero-order valence-electron chi connectivity index (χ0n) is 66.1. The SMILES string of the molecule is C.CC(C)(C)OC(=O)C1CC=C(B2OC(C)(C)C(C)(C)O2)CC1.CCOC(=O)c1nc(C2=CCC(C(=O)OC(C)(C)C)CC2)ncc1C.CCOC(=O)c1nc(C2CCC(C(=O)O)CC2)ncc1C.CCOC(=O)c1nc(C2CCC(C(=O)OC(C)(C)C)CC2)ncc1C.CCOC(=O)c1nc(Cl)ncc1C. The summed E-state index contributed by atoms with van der Waals surface area (Å²) in [5.74, 6) is -1.31. The van der Waals surface area contributed by atoms with Crippen molar-refractivity contribution in [2.24, 2.45) is 23.7 Å². The lowest BCUT2D eigenvalue weighted by atomic mass is 9.70. The highest BCUT2D eigenvalue weighted by Crippen LogP contribution is 2.42. The molecule has 28 heteroatoms. The maximum absolute atomic E-state index is 12.2. The molecule has 4 aliphatic carbocycles. The highest BCUT2D eigenvalue weighted by Gasteiger charge is 2.53. The van der Waals surface area contributed by atoms with Crippen LogP contribution in [0.4, 0.5) is 0 Å². The summed E-state index contributed by atoms with van der Waals surface area (Å²) >= 11 is 5.53. The van der Waals surface area contributed by atoms with Crippen LogP contribution in [0.5, 0.6) is 0 Å². The molecule has 0 spiro atoms. The number of carbonyl (C=O) groups excluding carboxylic acids is 7. The molecule has 3 fully saturated rings. The fraction of sp³-hybridized carbons (Fsp3) is 0.646. The van der Waals surface area contributed by atoms with Gasteiger partial charge in [0.2, 0.25) is 5.28 Å². The van der Waals surface area contributed by atoms with Crippen molar-refractivity contribution in [1.82, 2.24) is 39.9 Å². The molecule has 0 bridgehead atoms. The number of aryl methyl sites for hydroxylation is 4. The summed E-state index contributed by atoms with van der Waals surface area (Å²) in [6.45, 7) is 40.5. The van der Waals surface area contributed by atoms with Crippen LogP contribution in [0, 0.1) is 51.4 Å². The second-order valence-corrected chi connectivity index (χ2v) is 31.2. The Morgan fingerprint density at radius 3 is 1.15 bits per heavy atom. The first-order chi connectivity index (χ1) is 49.5. The number of aliphatic carboxylic acids is 1. The van der Waals surface area contributed by atoms with E-state index in [4.69, 9.17) is 59.2 Å². The van der Waals surface area contributed by atoms with Crippen LogP contribution >= 0.6 is 11.6 Å². The minimum absolute atomic E-state index is 0. The van der Waals surface area contributed by atoms with Gasteiger partial charge in [-0.25, -0.2) is 59.0 Å². The molecule has 5 heterocycles. The van der Waals surface area contributed by atoms with Crippen molar-refractivity contribution in [1.29, 1.82) is 0 Å². The molecule has 5 aliphatic rings. The highest BCUT2D eigenvalue weighted by atomic mass is 35.5. The van der Waals surface area contributed by atoms with Crippen LogP contribution in [0.3, 0.4) is 0 Å². The monoisotopic (exact) mass is 1510 g/mol. The van der Waals surface area contributed by atoms with E-state index < -0.39 is 46.6 Å². The van der Waals surface area contributed by atoms with E-state index in [9.17, 15) is 38.4 Å². The van der Waals surface area contributed by atoms with Gasteiger partial charge in [-0.15, -0.1) is 0 Å². The number of halogens is 1. The quantitative estimate of drug-likeness (QED) is 0.0471. The molecule has 2 saturated carbocycles. The molecule has 1 N–H and O–H groups in total. The number of hydrogen-bond acceptors (Lipinski definition) is 25. The van der Waals surface area contributed by atoms with Gasteiger partial charge in [-0.1, -0.05) is 19.6 Å². The lowest BCUT2D eigenvalue weighted by Crippen LogP contribution is -2.41. The molecule has 1 aliphatic heterocycles. The van der Waals surface area contributed by atoms with Gasteiger partial charge in [0.1, 0.15) is 28.5 Å². The van der Waals surface area contributed by atoms with E-state index in [0.29, 0.717) is 122 Å². The topological polar surface area (TPSA) is 343 Å². The van der Waals surface area contributed by atoms with E-state index >= 15 is 0 Å². The Kier molecular flexibility index (Phi) is 34.8. The average molecular weight is 1510 g/mol. The Balaban J connectivity index is 0.000000286. The second kappa shape index (κ2) is 40.9. The van der Waals surface area contributed by atoms with E-state index in [1.807, 2.05) is 68.4 Å². The molecular weight excluding hydrogens is 1400 g/mol. The summed E-state index contributed by atoms with van der Waals surface area (Å²) in [6.07, 6.45) is 20.7. The van der Waals surface area contributed by atoms with E-state index in [2.05, 4.69) is 73.6 Å². The number of allylic oxidation sites excluding steroid dienone is 4. The van der Waals surface area contributed by atoms with Crippen molar-refractivity contribution in [3.8, 4) is 0 Å². The van der Waals surface area contributed by atoms with Gasteiger partial charge >= 0.3 is 54.9 Å². The van der Waals surface area contributed by atoms with E-state index in [1.165, 1.54) is 6.20 Å². The van der Waals surface area contributed by atoms with Crippen LogP contribution in [0.2, 0.25) is 5.28 Å². The summed E-state index contributed by atoms with van der Waals surface area (Å²) < 4.78 is 48.4. The number of hydrogen-bond donors (Lipinski definition) is 1. The van der Waals surface area contributed by atoms with Gasteiger partial charge in [-0.05, 0) is 258 Å². The number of aromatic nitrogens is 8. The lowest BCUT2D eigenvalue weighted by molar-refractivity contribution is -0.162. The maximum Gasteiger partial charge on any atom is 0.490 e. The number of carbonyl (C=O) groups is 8. The first-order valence-electron chi connectivity index (χ1n) is 36.8. The first kappa shape index (κ1) is 91.2. The van der Waals surface area contributed by atoms with Crippen LogP contribution in [-0.4, -0.2) is 154 Å². The number of esters is 7.